The molecule has 0 saturated carbocycles. The predicted octanol–water partition coefficient (Wildman–Crippen LogP) is 1.76. The summed E-state index contributed by atoms with van der Waals surface area (Å²) >= 11 is 0. The van der Waals surface area contributed by atoms with E-state index >= 15 is 0 Å². The van der Waals surface area contributed by atoms with Gasteiger partial charge in [-0.05, 0) is 11.6 Å². The van der Waals surface area contributed by atoms with Crippen LogP contribution in [-0.2, 0) is 18.1 Å². The van der Waals surface area contributed by atoms with Crippen LogP contribution < -0.4 is 0 Å². The normalized spacial score (nSPS) is 10.4. The Labute approximate surface area is 98.3 Å². The van der Waals surface area contributed by atoms with Crippen molar-refractivity contribution in [1.29, 1.82) is 0 Å². The van der Waals surface area contributed by atoms with Crippen molar-refractivity contribution in [1.82, 2.24) is 9.78 Å². The van der Waals surface area contributed by atoms with Crippen LogP contribution in [0.4, 0.5) is 0 Å². The third-order valence-corrected chi connectivity index (χ3v) is 2.19. The average molecular weight is 232 g/mol. The fraction of sp³-hybridized carbons (Fsp3) is 0.167. The van der Waals surface area contributed by atoms with E-state index in [2.05, 4.69) is 5.10 Å². The molecule has 0 radical (unpaired) electrons. The Hall–Kier alpha value is -2.14. The number of hydrogen-bond acceptors (Lipinski definition) is 3. The summed E-state index contributed by atoms with van der Waals surface area (Å²) < 4.78 is 6.86. The van der Waals surface area contributed by atoms with Gasteiger partial charge < -0.3 is 9.84 Å². The SMILES string of the molecule is O=C(O)c1ccn(COCc2ccccc2)n1. The lowest BCUT2D eigenvalue weighted by Crippen LogP contribution is -2.05. The molecular weight excluding hydrogens is 220 g/mol. The summed E-state index contributed by atoms with van der Waals surface area (Å²) in [7, 11) is 0. The molecule has 0 saturated heterocycles. The van der Waals surface area contributed by atoms with Crippen molar-refractivity contribution in [2.24, 2.45) is 0 Å². The molecular formula is C12H12N2O3. The van der Waals surface area contributed by atoms with Gasteiger partial charge >= 0.3 is 5.97 Å². The second-order valence-corrected chi connectivity index (χ2v) is 3.51. The van der Waals surface area contributed by atoms with Crippen LogP contribution in [0.5, 0.6) is 0 Å². The molecule has 5 nitrogen and oxygen atoms in total. The van der Waals surface area contributed by atoms with Gasteiger partial charge in [0.05, 0.1) is 6.61 Å². The molecule has 0 unspecified atom stereocenters. The Morgan fingerprint density at radius 2 is 2.06 bits per heavy atom. The van der Waals surface area contributed by atoms with Crippen molar-refractivity contribution in [2.45, 2.75) is 13.3 Å². The number of aromatic carboxylic acids is 1. The molecule has 0 spiro atoms. The second kappa shape index (κ2) is 5.27. The standard InChI is InChI=1S/C12H12N2O3/c15-12(16)11-6-7-14(13-11)9-17-8-10-4-2-1-3-5-10/h1-7H,8-9H2,(H,15,16). The number of benzene rings is 1. The zero-order chi connectivity index (χ0) is 12.1. The highest BCUT2D eigenvalue weighted by atomic mass is 16.5. The minimum absolute atomic E-state index is 0.0216. The molecule has 0 aliphatic heterocycles. The van der Waals surface area contributed by atoms with Crippen LogP contribution in [0.2, 0.25) is 0 Å². The number of aromatic nitrogens is 2. The van der Waals surface area contributed by atoms with E-state index < -0.39 is 5.97 Å². The highest BCUT2D eigenvalue weighted by Gasteiger charge is 2.05. The minimum atomic E-state index is -1.04. The maximum atomic E-state index is 10.6. The first-order valence-corrected chi connectivity index (χ1v) is 5.14. The average Bonchev–Trinajstić information content (AvgIpc) is 2.79. The van der Waals surface area contributed by atoms with Crippen molar-refractivity contribution in [3.05, 3.63) is 53.9 Å². The molecule has 0 bridgehead atoms. The van der Waals surface area contributed by atoms with Gasteiger partial charge in [-0.2, -0.15) is 5.10 Å². The first-order valence-electron chi connectivity index (χ1n) is 5.14. The molecule has 1 heterocycles. The van der Waals surface area contributed by atoms with Crippen molar-refractivity contribution < 1.29 is 14.6 Å². The number of carboxylic acids is 1. The van der Waals surface area contributed by atoms with Crippen molar-refractivity contribution in [2.75, 3.05) is 0 Å². The predicted molar refractivity (Wildman–Crippen MR) is 60.4 cm³/mol. The van der Waals surface area contributed by atoms with Gasteiger partial charge in [-0.1, -0.05) is 30.3 Å². The molecule has 1 aromatic carbocycles. The summed E-state index contributed by atoms with van der Waals surface area (Å²) in [6.45, 7) is 0.714. The lowest BCUT2D eigenvalue weighted by molar-refractivity contribution is 0.0546. The molecule has 2 rings (SSSR count). The summed E-state index contributed by atoms with van der Waals surface area (Å²) in [5, 5.41) is 12.5. The molecule has 2 aromatic rings. The number of carbonyl (C=O) groups is 1. The second-order valence-electron chi connectivity index (χ2n) is 3.51. The van der Waals surface area contributed by atoms with E-state index in [4.69, 9.17) is 9.84 Å². The molecule has 17 heavy (non-hydrogen) atoms. The van der Waals surface area contributed by atoms with Crippen LogP contribution in [0.3, 0.4) is 0 Å². The number of rotatable bonds is 5. The largest absolute Gasteiger partial charge is 0.476 e. The van der Waals surface area contributed by atoms with Gasteiger partial charge in [-0.25, -0.2) is 9.48 Å². The van der Waals surface area contributed by atoms with Gasteiger partial charge in [-0.3, -0.25) is 0 Å². The Morgan fingerprint density at radius 3 is 2.71 bits per heavy atom. The highest BCUT2D eigenvalue weighted by molar-refractivity contribution is 5.84. The van der Waals surface area contributed by atoms with E-state index in [-0.39, 0.29) is 12.4 Å². The van der Waals surface area contributed by atoms with E-state index in [9.17, 15) is 4.79 Å². The number of hydrogen-bond donors (Lipinski definition) is 1. The van der Waals surface area contributed by atoms with E-state index in [0.29, 0.717) is 6.61 Å². The van der Waals surface area contributed by atoms with Crippen LogP contribution in [0, 0.1) is 0 Å². The van der Waals surface area contributed by atoms with Crippen molar-refractivity contribution in [3.63, 3.8) is 0 Å². The third-order valence-electron chi connectivity index (χ3n) is 2.19. The fourth-order valence-corrected chi connectivity index (χ4v) is 1.38. The maximum absolute atomic E-state index is 10.6. The van der Waals surface area contributed by atoms with Gasteiger partial charge in [0.15, 0.2) is 5.69 Å². The number of carboxylic acid groups (broad SMARTS) is 1. The quantitative estimate of drug-likeness (QED) is 0.853. The molecule has 0 aliphatic carbocycles. The summed E-state index contributed by atoms with van der Waals surface area (Å²) in [4.78, 5) is 10.6. The molecule has 0 fully saturated rings. The van der Waals surface area contributed by atoms with Crippen molar-refractivity contribution in [3.8, 4) is 0 Å². The van der Waals surface area contributed by atoms with Gasteiger partial charge in [-0.15, -0.1) is 0 Å². The summed E-state index contributed by atoms with van der Waals surface area (Å²) in [6.07, 6.45) is 1.58. The minimum Gasteiger partial charge on any atom is -0.476 e. The number of ether oxygens (including phenoxy) is 1. The molecule has 0 atom stereocenters. The van der Waals surface area contributed by atoms with Gasteiger partial charge in [0, 0.05) is 6.20 Å². The molecule has 88 valence electrons. The van der Waals surface area contributed by atoms with E-state index in [1.54, 1.807) is 6.20 Å². The van der Waals surface area contributed by atoms with Gasteiger partial charge in [0.2, 0.25) is 0 Å². The maximum Gasteiger partial charge on any atom is 0.356 e. The van der Waals surface area contributed by atoms with Gasteiger partial charge in [0.25, 0.3) is 0 Å². The monoisotopic (exact) mass is 232 g/mol. The first kappa shape index (κ1) is 11.3. The fourth-order valence-electron chi connectivity index (χ4n) is 1.38. The summed E-state index contributed by atoms with van der Waals surface area (Å²) in [5.41, 5.74) is 1.09. The molecule has 0 amide bonds. The lowest BCUT2D eigenvalue weighted by atomic mass is 10.2. The van der Waals surface area contributed by atoms with E-state index in [1.807, 2.05) is 30.3 Å². The smallest absolute Gasteiger partial charge is 0.356 e. The van der Waals surface area contributed by atoms with Gasteiger partial charge in [0.1, 0.15) is 6.73 Å². The lowest BCUT2D eigenvalue weighted by Gasteiger charge is -2.04. The summed E-state index contributed by atoms with van der Waals surface area (Å²) in [5.74, 6) is -1.04. The zero-order valence-corrected chi connectivity index (χ0v) is 9.11. The topological polar surface area (TPSA) is 64.3 Å². The molecule has 1 aromatic heterocycles. The Morgan fingerprint density at radius 1 is 1.29 bits per heavy atom. The molecule has 5 heteroatoms. The van der Waals surface area contributed by atoms with Crippen LogP contribution >= 0.6 is 0 Å². The van der Waals surface area contributed by atoms with E-state index in [1.165, 1.54) is 10.7 Å². The van der Waals surface area contributed by atoms with Crippen LogP contribution in [-0.4, -0.2) is 20.9 Å². The summed E-state index contributed by atoms with van der Waals surface area (Å²) in [6, 6.07) is 11.2. The molecule has 1 N–H and O–H groups in total. The van der Waals surface area contributed by atoms with Crippen LogP contribution in [0.15, 0.2) is 42.6 Å². The number of nitrogens with zero attached hydrogens (tertiary/aromatic N) is 2. The zero-order valence-electron chi connectivity index (χ0n) is 9.11. The Bertz CT molecular complexity index is 493. The highest BCUT2D eigenvalue weighted by Crippen LogP contribution is 2.02. The van der Waals surface area contributed by atoms with Crippen molar-refractivity contribution >= 4 is 5.97 Å². The Kier molecular flexibility index (Phi) is 3.52. The van der Waals surface area contributed by atoms with E-state index in [0.717, 1.165) is 5.56 Å². The molecule has 0 aliphatic rings. The van der Waals surface area contributed by atoms with Crippen LogP contribution in [0.1, 0.15) is 16.1 Å². The Balaban J connectivity index is 1.84. The van der Waals surface area contributed by atoms with Crippen LogP contribution in [0.25, 0.3) is 0 Å². The third kappa shape index (κ3) is 3.15. The first-order chi connectivity index (χ1) is 8.25.